The van der Waals surface area contributed by atoms with E-state index in [1.165, 1.54) is 0 Å². The van der Waals surface area contributed by atoms with Gasteiger partial charge >= 0.3 is 5.97 Å². The quantitative estimate of drug-likeness (QED) is 0.318. The van der Waals surface area contributed by atoms with Crippen molar-refractivity contribution in [3.05, 3.63) is 72.8 Å². The Labute approximate surface area is 198 Å². The number of aliphatic carboxylic acids is 1. The normalized spacial score (nSPS) is 18.2. The molecule has 1 fully saturated rings. The molecular formula is C24H31N5O5. The number of carboxylic acids is 1. The van der Waals surface area contributed by atoms with Crippen LogP contribution in [0.5, 0.6) is 0 Å². The number of rotatable bonds is 13. The second-order valence-electron chi connectivity index (χ2n) is 7.99. The number of hydrogen-bond acceptors (Lipinski definition) is 8. The van der Waals surface area contributed by atoms with Crippen LogP contribution in [0.1, 0.15) is 12.0 Å². The zero-order chi connectivity index (χ0) is 24.3. The topological polar surface area (TPSA) is 139 Å². The van der Waals surface area contributed by atoms with Crippen molar-refractivity contribution in [3.63, 3.8) is 0 Å². The predicted octanol–water partition coefficient (Wildman–Crippen LogP) is 1.17. The summed E-state index contributed by atoms with van der Waals surface area (Å²) in [5, 5.41) is 14.6. The summed E-state index contributed by atoms with van der Waals surface area (Å²) in [4.78, 5) is 29.1. The van der Waals surface area contributed by atoms with Gasteiger partial charge in [-0.3, -0.25) is 9.59 Å². The van der Waals surface area contributed by atoms with Crippen molar-refractivity contribution in [2.45, 2.75) is 31.2 Å². The zero-order valence-electron chi connectivity index (χ0n) is 18.9. The largest absolute Gasteiger partial charge is 0.480 e. The fourth-order valence-electron chi connectivity index (χ4n) is 3.56. The molecule has 10 heteroatoms. The number of carbonyl (C=O) groups excluding carboxylic acids is 1. The lowest BCUT2D eigenvalue weighted by Gasteiger charge is -2.28. The second-order valence-corrected chi connectivity index (χ2v) is 7.99. The van der Waals surface area contributed by atoms with Crippen LogP contribution in [0.15, 0.2) is 67.2 Å². The summed E-state index contributed by atoms with van der Waals surface area (Å²) in [7, 11) is 0. The number of nitrogens with zero attached hydrogens (tertiary/aromatic N) is 2. The number of benzene rings is 1. The molecule has 0 spiro atoms. The van der Waals surface area contributed by atoms with Crippen LogP contribution < -0.4 is 16.4 Å². The van der Waals surface area contributed by atoms with Crippen molar-refractivity contribution in [2.24, 2.45) is 5.73 Å². The highest BCUT2D eigenvalue weighted by molar-refractivity contribution is 5.79. The van der Waals surface area contributed by atoms with Crippen molar-refractivity contribution < 1.29 is 24.2 Å². The molecule has 182 valence electrons. The van der Waals surface area contributed by atoms with Gasteiger partial charge in [0, 0.05) is 25.8 Å². The van der Waals surface area contributed by atoms with Crippen LogP contribution in [0, 0.1) is 0 Å². The van der Waals surface area contributed by atoms with E-state index in [0.29, 0.717) is 32.0 Å². The van der Waals surface area contributed by atoms with E-state index < -0.39 is 17.9 Å². The number of nitrogens with one attached hydrogen (secondary N) is 2. The van der Waals surface area contributed by atoms with Gasteiger partial charge in [-0.25, -0.2) is 4.98 Å². The van der Waals surface area contributed by atoms with Crippen molar-refractivity contribution in [3.8, 4) is 0 Å². The van der Waals surface area contributed by atoms with Gasteiger partial charge in [0.2, 0.25) is 5.91 Å². The third-order valence-electron chi connectivity index (χ3n) is 5.41. The van der Waals surface area contributed by atoms with Gasteiger partial charge in [0.25, 0.3) is 0 Å². The Morgan fingerprint density at radius 1 is 1.24 bits per heavy atom. The average Bonchev–Trinajstić information content (AvgIpc) is 3.27. The van der Waals surface area contributed by atoms with Crippen molar-refractivity contribution in [1.82, 2.24) is 15.2 Å². The highest BCUT2D eigenvalue weighted by atomic mass is 16.5. The van der Waals surface area contributed by atoms with Crippen LogP contribution in [0.4, 0.5) is 5.82 Å². The van der Waals surface area contributed by atoms with E-state index in [1.54, 1.807) is 6.20 Å². The maximum atomic E-state index is 12.0. The maximum absolute atomic E-state index is 12.0. The smallest absolute Gasteiger partial charge is 0.322 e. The van der Waals surface area contributed by atoms with Crippen LogP contribution >= 0.6 is 0 Å². The minimum Gasteiger partial charge on any atom is -0.480 e. The first-order valence-electron chi connectivity index (χ1n) is 11.1. The Kier molecular flexibility index (Phi) is 9.24. The van der Waals surface area contributed by atoms with Gasteiger partial charge < -0.3 is 35.8 Å². The number of aromatic nitrogens is 1. The van der Waals surface area contributed by atoms with E-state index in [0.717, 1.165) is 11.4 Å². The third-order valence-corrected chi connectivity index (χ3v) is 5.41. The third kappa shape index (κ3) is 7.75. The van der Waals surface area contributed by atoms with E-state index in [4.69, 9.17) is 20.3 Å². The summed E-state index contributed by atoms with van der Waals surface area (Å²) >= 11 is 0. The molecule has 0 saturated carbocycles. The lowest BCUT2D eigenvalue weighted by molar-refractivity contribution is -0.138. The molecule has 0 bridgehead atoms. The van der Waals surface area contributed by atoms with Crippen molar-refractivity contribution in [1.29, 1.82) is 0 Å². The monoisotopic (exact) mass is 469 g/mol. The van der Waals surface area contributed by atoms with Crippen LogP contribution in [-0.4, -0.2) is 71.3 Å². The van der Waals surface area contributed by atoms with Crippen molar-refractivity contribution in [2.75, 3.05) is 31.6 Å². The van der Waals surface area contributed by atoms with E-state index in [9.17, 15) is 9.59 Å². The second kappa shape index (κ2) is 12.6. The minimum atomic E-state index is -1.18. The lowest BCUT2D eigenvalue weighted by atomic mass is 10.2. The predicted molar refractivity (Wildman–Crippen MR) is 127 cm³/mol. The van der Waals surface area contributed by atoms with E-state index in [1.807, 2.05) is 53.4 Å². The number of pyridine rings is 1. The van der Waals surface area contributed by atoms with Gasteiger partial charge in [-0.2, -0.15) is 0 Å². The first kappa shape index (κ1) is 25.0. The number of nitrogens with two attached hydrogens (primary N) is 1. The van der Waals surface area contributed by atoms with Gasteiger partial charge in [0.05, 0.1) is 12.1 Å². The molecule has 1 aromatic heterocycles. The van der Waals surface area contributed by atoms with E-state index >= 15 is 0 Å². The standard InChI is InChI=1S/C24H31N5O5/c1-17(33-15-18-7-3-2-4-8-18)29-14-20(34-16-23(30)28-13-21(25)24(31)32)11-19(29)12-27-22-9-5-6-10-26-22/h2-10,19-21H,1,11-16,25H2,(H,26,27)(H,28,30)(H,31,32)/t19-,20+,21-/m0/s1. The minimum absolute atomic E-state index is 0.0128. The Morgan fingerprint density at radius 3 is 2.71 bits per heavy atom. The fourth-order valence-corrected chi connectivity index (χ4v) is 3.56. The molecule has 1 aliphatic rings. The molecule has 2 aromatic rings. The number of carbonyl (C=O) groups is 2. The van der Waals surface area contributed by atoms with Crippen molar-refractivity contribution >= 4 is 17.7 Å². The van der Waals surface area contributed by atoms with Crippen LogP contribution in [0.25, 0.3) is 0 Å². The molecule has 0 aliphatic carbocycles. The first-order valence-corrected chi connectivity index (χ1v) is 11.1. The lowest BCUT2D eigenvalue weighted by Crippen LogP contribution is -2.43. The first-order chi connectivity index (χ1) is 16.4. The zero-order valence-corrected chi connectivity index (χ0v) is 18.9. The van der Waals surface area contributed by atoms with Gasteiger partial charge in [0.15, 0.2) is 5.88 Å². The van der Waals surface area contributed by atoms with E-state index in [2.05, 4.69) is 22.2 Å². The van der Waals surface area contributed by atoms with Gasteiger partial charge in [0.1, 0.15) is 25.1 Å². The Hall–Kier alpha value is -3.63. The summed E-state index contributed by atoms with van der Waals surface area (Å²) in [5.41, 5.74) is 6.44. The summed E-state index contributed by atoms with van der Waals surface area (Å²) in [6.07, 6.45) is 2.14. The highest BCUT2D eigenvalue weighted by Gasteiger charge is 2.34. The summed E-state index contributed by atoms with van der Waals surface area (Å²) in [6.45, 7) is 5.25. The molecule has 3 rings (SSSR count). The summed E-state index contributed by atoms with van der Waals surface area (Å²) in [5.74, 6) is -0.307. The maximum Gasteiger partial charge on any atom is 0.322 e. The SMILES string of the molecule is C=C(OCc1ccccc1)N1C[C@H](OCC(=O)NC[C@H](N)C(=O)O)C[C@H]1CNc1ccccn1. The summed E-state index contributed by atoms with van der Waals surface area (Å²) < 4.78 is 11.7. The molecule has 1 amide bonds. The molecule has 0 unspecified atom stereocenters. The Morgan fingerprint density at radius 2 is 2.00 bits per heavy atom. The summed E-state index contributed by atoms with van der Waals surface area (Å²) in [6, 6.07) is 14.3. The molecule has 34 heavy (non-hydrogen) atoms. The Balaban J connectivity index is 1.54. The van der Waals surface area contributed by atoms with Gasteiger partial charge in [-0.15, -0.1) is 0 Å². The molecular weight excluding hydrogens is 438 g/mol. The fraction of sp³-hybridized carbons (Fsp3) is 0.375. The van der Waals surface area contributed by atoms with Crippen LogP contribution in [-0.2, 0) is 25.7 Å². The number of carboxylic acid groups (broad SMARTS) is 1. The van der Waals surface area contributed by atoms with Gasteiger partial charge in [-0.05, 0) is 30.7 Å². The number of ether oxygens (including phenoxy) is 2. The number of amides is 1. The number of likely N-dealkylation sites (tertiary alicyclic amines) is 1. The Bertz CT molecular complexity index is 943. The van der Waals surface area contributed by atoms with Crippen LogP contribution in [0.3, 0.4) is 0 Å². The highest BCUT2D eigenvalue weighted by Crippen LogP contribution is 2.25. The molecule has 10 nitrogen and oxygen atoms in total. The molecule has 1 aliphatic heterocycles. The number of anilines is 1. The average molecular weight is 470 g/mol. The molecule has 5 N–H and O–H groups in total. The molecule has 0 radical (unpaired) electrons. The van der Waals surface area contributed by atoms with Gasteiger partial charge in [-0.1, -0.05) is 36.4 Å². The van der Waals surface area contributed by atoms with E-state index in [-0.39, 0.29) is 25.3 Å². The molecule has 1 saturated heterocycles. The molecule has 1 aromatic carbocycles. The number of hydrogen-bond donors (Lipinski definition) is 4. The molecule has 3 atom stereocenters. The molecule has 2 heterocycles. The van der Waals surface area contributed by atoms with Crippen LogP contribution in [0.2, 0.25) is 0 Å².